The fraction of sp³-hybridized carbons (Fsp3) is 0.444. The summed E-state index contributed by atoms with van der Waals surface area (Å²) in [5.41, 5.74) is 9.47. The fourth-order valence-corrected chi connectivity index (χ4v) is 3.22. The second-order valence-electron chi connectivity index (χ2n) is 6.27. The Morgan fingerprint density at radius 2 is 2.09 bits per heavy atom. The summed E-state index contributed by atoms with van der Waals surface area (Å²) in [6.45, 7) is 6.51. The van der Waals surface area contributed by atoms with Crippen LogP contribution in [-0.2, 0) is 6.54 Å². The Balaban J connectivity index is 1.66. The second-order valence-corrected chi connectivity index (χ2v) is 6.27. The van der Waals surface area contributed by atoms with Crippen LogP contribution >= 0.6 is 0 Å². The predicted molar refractivity (Wildman–Crippen MR) is 91.4 cm³/mol. The number of hydrogen-bond donors (Lipinski definition) is 1. The number of nitrogens with two attached hydrogens (primary N) is 1. The molecule has 1 saturated heterocycles. The number of benzene rings is 1. The van der Waals surface area contributed by atoms with Crippen LogP contribution in [0.4, 0.5) is 5.69 Å². The van der Waals surface area contributed by atoms with E-state index in [0.717, 1.165) is 43.6 Å². The molecule has 1 aromatic carbocycles. The fourth-order valence-electron chi connectivity index (χ4n) is 3.22. The van der Waals surface area contributed by atoms with Gasteiger partial charge in [0.1, 0.15) is 0 Å². The average Bonchev–Trinajstić information content (AvgIpc) is 3.06. The molecule has 1 fully saturated rings. The van der Waals surface area contributed by atoms with Gasteiger partial charge in [-0.3, -0.25) is 9.48 Å². The normalized spacial score (nSPS) is 15.8. The van der Waals surface area contributed by atoms with Crippen molar-refractivity contribution in [2.75, 3.05) is 18.8 Å². The van der Waals surface area contributed by atoms with Crippen molar-refractivity contribution in [1.29, 1.82) is 0 Å². The van der Waals surface area contributed by atoms with Gasteiger partial charge in [0.25, 0.3) is 5.91 Å². The first-order valence-electron chi connectivity index (χ1n) is 8.26. The van der Waals surface area contributed by atoms with E-state index in [4.69, 9.17) is 5.73 Å². The molecule has 0 unspecified atom stereocenters. The standard InChI is InChI=1S/C18H24N4O/c1-3-22-12-15(11-20-22)14-6-8-21(9-7-14)18(23)17-10-16(19)5-4-13(17)2/h4-5,10-12,14H,3,6-9,19H2,1-2H3. The zero-order chi connectivity index (χ0) is 16.4. The monoisotopic (exact) mass is 312 g/mol. The molecule has 0 bridgehead atoms. The van der Waals surface area contributed by atoms with Crippen LogP contribution in [0.5, 0.6) is 0 Å². The van der Waals surface area contributed by atoms with Gasteiger partial charge in [0.15, 0.2) is 0 Å². The molecule has 3 rings (SSSR count). The number of anilines is 1. The third-order valence-corrected chi connectivity index (χ3v) is 4.72. The molecule has 0 saturated carbocycles. The van der Waals surface area contributed by atoms with Crippen molar-refractivity contribution in [3.8, 4) is 0 Å². The lowest BCUT2D eigenvalue weighted by Gasteiger charge is -2.32. The van der Waals surface area contributed by atoms with Crippen molar-refractivity contribution < 1.29 is 4.79 Å². The number of aromatic nitrogens is 2. The van der Waals surface area contributed by atoms with Crippen molar-refractivity contribution in [3.63, 3.8) is 0 Å². The third kappa shape index (κ3) is 3.23. The zero-order valence-corrected chi connectivity index (χ0v) is 13.8. The molecular weight excluding hydrogens is 288 g/mol. The van der Waals surface area contributed by atoms with Gasteiger partial charge >= 0.3 is 0 Å². The van der Waals surface area contributed by atoms with Crippen molar-refractivity contribution in [3.05, 3.63) is 47.3 Å². The molecule has 23 heavy (non-hydrogen) atoms. The van der Waals surface area contributed by atoms with Crippen LogP contribution in [0.25, 0.3) is 0 Å². The molecular formula is C18H24N4O. The number of likely N-dealkylation sites (tertiary alicyclic amines) is 1. The van der Waals surface area contributed by atoms with Crippen LogP contribution in [-0.4, -0.2) is 33.7 Å². The number of nitrogens with zero attached hydrogens (tertiary/aromatic N) is 3. The van der Waals surface area contributed by atoms with E-state index in [2.05, 4.69) is 18.2 Å². The summed E-state index contributed by atoms with van der Waals surface area (Å²) in [6, 6.07) is 5.53. The maximum atomic E-state index is 12.7. The third-order valence-electron chi connectivity index (χ3n) is 4.72. The van der Waals surface area contributed by atoms with Crippen molar-refractivity contribution in [2.45, 2.75) is 39.2 Å². The van der Waals surface area contributed by atoms with E-state index in [1.807, 2.05) is 34.8 Å². The van der Waals surface area contributed by atoms with Crippen LogP contribution in [0.15, 0.2) is 30.6 Å². The number of hydrogen-bond acceptors (Lipinski definition) is 3. The summed E-state index contributed by atoms with van der Waals surface area (Å²) in [4.78, 5) is 14.7. The molecule has 2 aromatic rings. The Morgan fingerprint density at radius 1 is 1.35 bits per heavy atom. The molecule has 122 valence electrons. The Kier molecular flexibility index (Phi) is 4.37. The van der Waals surface area contributed by atoms with Gasteiger partial charge in [0.05, 0.1) is 6.20 Å². The van der Waals surface area contributed by atoms with Gasteiger partial charge in [0.2, 0.25) is 0 Å². The highest BCUT2D eigenvalue weighted by Crippen LogP contribution is 2.28. The van der Waals surface area contributed by atoms with Crippen LogP contribution in [0, 0.1) is 6.92 Å². The topological polar surface area (TPSA) is 64.2 Å². The quantitative estimate of drug-likeness (QED) is 0.886. The maximum Gasteiger partial charge on any atom is 0.254 e. The average molecular weight is 312 g/mol. The summed E-state index contributed by atoms with van der Waals surface area (Å²) in [6.07, 6.45) is 6.07. The molecule has 5 nitrogen and oxygen atoms in total. The summed E-state index contributed by atoms with van der Waals surface area (Å²) >= 11 is 0. The lowest BCUT2D eigenvalue weighted by molar-refractivity contribution is 0.0712. The number of nitrogen functional groups attached to an aromatic ring is 1. The van der Waals surface area contributed by atoms with Gasteiger partial charge in [-0.2, -0.15) is 5.10 Å². The predicted octanol–water partition coefficient (Wildman–Crippen LogP) is 2.81. The van der Waals surface area contributed by atoms with E-state index in [9.17, 15) is 4.79 Å². The molecule has 5 heteroatoms. The number of carbonyl (C=O) groups is 1. The van der Waals surface area contributed by atoms with Crippen LogP contribution in [0.1, 0.15) is 47.2 Å². The minimum absolute atomic E-state index is 0.0949. The number of piperidine rings is 1. The first kappa shape index (κ1) is 15.6. The summed E-state index contributed by atoms with van der Waals surface area (Å²) in [5.74, 6) is 0.596. The summed E-state index contributed by atoms with van der Waals surface area (Å²) in [5, 5.41) is 4.36. The van der Waals surface area contributed by atoms with Crippen molar-refractivity contribution in [1.82, 2.24) is 14.7 Å². The summed E-state index contributed by atoms with van der Waals surface area (Å²) < 4.78 is 1.96. The number of aryl methyl sites for hydroxylation is 2. The van der Waals surface area contributed by atoms with Gasteiger partial charge in [-0.25, -0.2) is 0 Å². The van der Waals surface area contributed by atoms with Crippen molar-refractivity contribution in [2.24, 2.45) is 0 Å². The molecule has 2 heterocycles. The molecule has 0 atom stereocenters. The molecule has 1 amide bonds. The SMILES string of the molecule is CCn1cc(C2CCN(C(=O)c3cc(N)ccc3C)CC2)cn1. The lowest BCUT2D eigenvalue weighted by Crippen LogP contribution is -2.38. The highest BCUT2D eigenvalue weighted by molar-refractivity contribution is 5.96. The van der Waals surface area contributed by atoms with E-state index in [0.29, 0.717) is 11.6 Å². The van der Waals surface area contributed by atoms with Gasteiger partial charge in [-0.1, -0.05) is 6.07 Å². The molecule has 1 aliphatic heterocycles. The lowest BCUT2D eigenvalue weighted by atomic mass is 9.91. The molecule has 1 aromatic heterocycles. The number of rotatable bonds is 3. The Morgan fingerprint density at radius 3 is 2.74 bits per heavy atom. The van der Waals surface area contributed by atoms with Gasteiger partial charge in [-0.05, 0) is 55.9 Å². The Hall–Kier alpha value is -2.30. The van der Waals surface area contributed by atoms with E-state index < -0.39 is 0 Å². The number of carbonyl (C=O) groups excluding carboxylic acids is 1. The molecule has 2 N–H and O–H groups in total. The first-order valence-corrected chi connectivity index (χ1v) is 8.26. The van der Waals surface area contributed by atoms with Crippen LogP contribution < -0.4 is 5.73 Å². The minimum Gasteiger partial charge on any atom is -0.399 e. The molecule has 0 aliphatic carbocycles. The maximum absolute atomic E-state index is 12.7. The molecule has 0 radical (unpaired) electrons. The summed E-state index contributed by atoms with van der Waals surface area (Å²) in [7, 11) is 0. The largest absolute Gasteiger partial charge is 0.399 e. The highest BCUT2D eigenvalue weighted by atomic mass is 16.2. The molecule has 1 aliphatic rings. The van der Waals surface area contributed by atoms with Crippen LogP contribution in [0.2, 0.25) is 0 Å². The zero-order valence-electron chi connectivity index (χ0n) is 13.8. The number of amides is 1. The van der Waals surface area contributed by atoms with E-state index in [-0.39, 0.29) is 5.91 Å². The smallest absolute Gasteiger partial charge is 0.254 e. The van der Waals surface area contributed by atoms with E-state index >= 15 is 0 Å². The van der Waals surface area contributed by atoms with Gasteiger partial charge in [-0.15, -0.1) is 0 Å². The Bertz CT molecular complexity index is 699. The van der Waals surface area contributed by atoms with Crippen LogP contribution in [0.3, 0.4) is 0 Å². The van der Waals surface area contributed by atoms with E-state index in [1.54, 1.807) is 6.07 Å². The first-order chi connectivity index (χ1) is 11.1. The van der Waals surface area contributed by atoms with Crippen molar-refractivity contribution >= 4 is 11.6 Å². The van der Waals surface area contributed by atoms with Gasteiger partial charge in [0, 0.05) is 37.1 Å². The highest BCUT2D eigenvalue weighted by Gasteiger charge is 2.26. The van der Waals surface area contributed by atoms with Gasteiger partial charge < -0.3 is 10.6 Å². The van der Waals surface area contributed by atoms with E-state index in [1.165, 1.54) is 5.56 Å². The second kappa shape index (κ2) is 6.44. The Labute approximate surface area is 137 Å². The minimum atomic E-state index is 0.0949. The molecule has 0 spiro atoms.